The summed E-state index contributed by atoms with van der Waals surface area (Å²) in [5, 5.41) is 6.71. The van der Waals surface area contributed by atoms with Gasteiger partial charge in [0.2, 0.25) is 0 Å². The van der Waals surface area contributed by atoms with E-state index in [2.05, 4.69) is 25.3 Å². The van der Waals surface area contributed by atoms with Crippen molar-refractivity contribution in [1.29, 1.82) is 0 Å². The third-order valence-electron chi connectivity index (χ3n) is 6.93. The first-order valence-electron chi connectivity index (χ1n) is 12.9. The number of para-hydroxylation sites is 1. The quantitative estimate of drug-likeness (QED) is 0.210. The SMILES string of the molecule is Cc1ccc(S(=O)(=O)Nc2cccc3cc(Nc4nc(N[C@@H]5CCCC[C@@H]5N)c(F)cc4C(N)=O)cnc23)cc1. The van der Waals surface area contributed by atoms with Crippen molar-refractivity contribution in [2.75, 3.05) is 15.4 Å². The number of aryl methyl sites for hydroxylation is 1. The van der Waals surface area contributed by atoms with Gasteiger partial charge in [-0.25, -0.2) is 17.8 Å². The Morgan fingerprint density at radius 3 is 2.52 bits per heavy atom. The number of aromatic nitrogens is 2. The van der Waals surface area contributed by atoms with Crippen molar-refractivity contribution in [3.8, 4) is 0 Å². The van der Waals surface area contributed by atoms with E-state index in [0.29, 0.717) is 22.3 Å². The molecule has 1 aliphatic rings. The number of halogens is 1. The van der Waals surface area contributed by atoms with Gasteiger partial charge in [0.05, 0.1) is 33.5 Å². The maximum atomic E-state index is 14.9. The second kappa shape index (κ2) is 11.1. The van der Waals surface area contributed by atoms with Crippen molar-refractivity contribution in [1.82, 2.24) is 9.97 Å². The summed E-state index contributed by atoms with van der Waals surface area (Å²) in [6, 6.07) is 14.1. The van der Waals surface area contributed by atoms with E-state index in [-0.39, 0.29) is 34.2 Å². The Morgan fingerprint density at radius 2 is 1.80 bits per heavy atom. The number of nitrogens with zero attached hydrogens (tertiary/aromatic N) is 2. The molecule has 40 heavy (non-hydrogen) atoms. The van der Waals surface area contributed by atoms with Crippen LogP contribution >= 0.6 is 0 Å². The van der Waals surface area contributed by atoms with Gasteiger partial charge in [-0.15, -0.1) is 0 Å². The van der Waals surface area contributed by atoms with Crippen LogP contribution in [0.5, 0.6) is 0 Å². The molecule has 2 atom stereocenters. The van der Waals surface area contributed by atoms with Crippen LogP contribution in [0.2, 0.25) is 0 Å². The molecule has 0 unspecified atom stereocenters. The summed E-state index contributed by atoms with van der Waals surface area (Å²) < 4.78 is 43.4. The van der Waals surface area contributed by atoms with Crippen molar-refractivity contribution in [2.45, 2.75) is 49.6 Å². The summed E-state index contributed by atoms with van der Waals surface area (Å²) in [6.45, 7) is 1.88. The normalized spacial score (nSPS) is 17.4. The Hall–Kier alpha value is -4.29. The Kier molecular flexibility index (Phi) is 7.55. The van der Waals surface area contributed by atoms with E-state index < -0.39 is 21.7 Å². The van der Waals surface area contributed by atoms with Crippen LogP contribution in [0.15, 0.2) is 65.7 Å². The van der Waals surface area contributed by atoms with E-state index in [4.69, 9.17) is 11.5 Å². The summed E-state index contributed by atoms with van der Waals surface area (Å²) in [5.41, 5.74) is 13.7. The van der Waals surface area contributed by atoms with Gasteiger partial charge < -0.3 is 22.1 Å². The lowest BCUT2D eigenvalue weighted by Gasteiger charge is -2.30. The number of nitrogens with two attached hydrogens (primary N) is 2. The smallest absolute Gasteiger partial charge is 0.261 e. The molecule has 1 aliphatic carbocycles. The third-order valence-corrected chi connectivity index (χ3v) is 8.31. The van der Waals surface area contributed by atoms with E-state index in [1.807, 2.05) is 6.92 Å². The van der Waals surface area contributed by atoms with E-state index in [0.717, 1.165) is 37.3 Å². The van der Waals surface area contributed by atoms with Crippen molar-refractivity contribution >= 4 is 49.8 Å². The minimum atomic E-state index is -3.84. The summed E-state index contributed by atoms with van der Waals surface area (Å²) in [7, 11) is -3.84. The van der Waals surface area contributed by atoms with E-state index in [1.54, 1.807) is 36.4 Å². The first-order valence-corrected chi connectivity index (χ1v) is 14.4. The molecule has 0 aliphatic heterocycles. The Balaban J connectivity index is 1.44. The van der Waals surface area contributed by atoms with Crippen LogP contribution in [0.3, 0.4) is 0 Å². The van der Waals surface area contributed by atoms with Gasteiger partial charge in [-0.2, -0.15) is 0 Å². The van der Waals surface area contributed by atoms with Gasteiger partial charge in [0.15, 0.2) is 11.6 Å². The van der Waals surface area contributed by atoms with Crippen LogP contribution in [0, 0.1) is 12.7 Å². The Labute approximate surface area is 231 Å². The Bertz CT molecular complexity index is 1680. The molecule has 1 amide bonds. The van der Waals surface area contributed by atoms with Crippen LogP contribution in [-0.2, 0) is 10.0 Å². The molecule has 4 aromatic rings. The van der Waals surface area contributed by atoms with Crippen LogP contribution in [0.1, 0.15) is 41.6 Å². The summed E-state index contributed by atoms with van der Waals surface area (Å²) in [4.78, 5) is 21.0. The van der Waals surface area contributed by atoms with E-state index in [9.17, 15) is 17.6 Å². The number of primary amides is 1. The number of pyridine rings is 2. The molecule has 5 rings (SSSR count). The minimum absolute atomic E-state index is 0.0311. The van der Waals surface area contributed by atoms with Gasteiger partial charge in [0.25, 0.3) is 15.9 Å². The highest BCUT2D eigenvalue weighted by Crippen LogP contribution is 2.30. The second-order valence-electron chi connectivity index (χ2n) is 9.92. The average Bonchev–Trinajstić information content (AvgIpc) is 2.91. The number of benzene rings is 2. The number of sulfonamides is 1. The monoisotopic (exact) mass is 563 g/mol. The maximum absolute atomic E-state index is 14.9. The molecule has 12 heteroatoms. The first kappa shape index (κ1) is 27.3. The zero-order valence-electron chi connectivity index (χ0n) is 21.8. The number of hydrogen-bond acceptors (Lipinski definition) is 8. The zero-order chi connectivity index (χ0) is 28.4. The van der Waals surface area contributed by atoms with Gasteiger partial charge in [-0.3, -0.25) is 14.5 Å². The lowest BCUT2D eigenvalue weighted by atomic mass is 9.91. The molecule has 0 radical (unpaired) electrons. The van der Waals surface area contributed by atoms with Gasteiger partial charge in [-0.05, 0) is 50.1 Å². The number of amides is 1. The summed E-state index contributed by atoms with van der Waals surface area (Å²) in [6.07, 6.45) is 5.07. The molecule has 0 bridgehead atoms. The first-order chi connectivity index (χ1) is 19.1. The molecule has 7 N–H and O–H groups in total. The van der Waals surface area contributed by atoms with Gasteiger partial charge in [-0.1, -0.05) is 42.7 Å². The fourth-order valence-corrected chi connectivity index (χ4v) is 5.82. The number of anilines is 4. The molecule has 208 valence electrons. The van der Waals surface area contributed by atoms with Crippen LogP contribution in [0.25, 0.3) is 10.9 Å². The van der Waals surface area contributed by atoms with Crippen molar-refractivity contribution in [3.05, 3.63) is 77.7 Å². The molecular weight excluding hydrogens is 533 g/mol. The highest BCUT2D eigenvalue weighted by molar-refractivity contribution is 7.92. The number of fused-ring (bicyclic) bond motifs is 1. The number of nitrogens with one attached hydrogen (secondary N) is 3. The van der Waals surface area contributed by atoms with Crippen LogP contribution in [0.4, 0.5) is 27.4 Å². The zero-order valence-corrected chi connectivity index (χ0v) is 22.6. The number of hydrogen-bond donors (Lipinski definition) is 5. The van der Waals surface area contributed by atoms with Crippen LogP contribution in [-0.4, -0.2) is 36.4 Å². The van der Waals surface area contributed by atoms with Gasteiger partial charge in [0, 0.05) is 17.5 Å². The summed E-state index contributed by atoms with van der Waals surface area (Å²) in [5.74, 6) is -1.54. The van der Waals surface area contributed by atoms with Crippen LogP contribution < -0.4 is 26.8 Å². The lowest BCUT2D eigenvalue weighted by Crippen LogP contribution is -2.43. The highest BCUT2D eigenvalue weighted by Gasteiger charge is 2.25. The van der Waals surface area contributed by atoms with Crippen molar-refractivity contribution in [2.24, 2.45) is 11.5 Å². The molecule has 1 saturated carbocycles. The minimum Gasteiger partial charge on any atom is -0.365 e. The van der Waals surface area contributed by atoms with E-state index >= 15 is 0 Å². The molecule has 0 saturated heterocycles. The number of carbonyl (C=O) groups is 1. The molecule has 1 fully saturated rings. The molecule has 2 heterocycles. The molecule has 10 nitrogen and oxygen atoms in total. The fourth-order valence-electron chi connectivity index (χ4n) is 4.76. The molecule has 0 spiro atoms. The van der Waals surface area contributed by atoms with Crippen molar-refractivity contribution < 1.29 is 17.6 Å². The third kappa shape index (κ3) is 5.82. The topological polar surface area (TPSA) is 165 Å². The largest absolute Gasteiger partial charge is 0.365 e. The lowest BCUT2D eigenvalue weighted by molar-refractivity contribution is 0.100. The number of rotatable bonds is 8. The Morgan fingerprint density at radius 1 is 1.05 bits per heavy atom. The second-order valence-corrected chi connectivity index (χ2v) is 11.6. The summed E-state index contributed by atoms with van der Waals surface area (Å²) >= 11 is 0. The fraction of sp³-hybridized carbons (Fsp3) is 0.250. The van der Waals surface area contributed by atoms with E-state index in [1.165, 1.54) is 18.3 Å². The van der Waals surface area contributed by atoms with Crippen molar-refractivity contribution in [3.63, 3.8) is 0 Å². The highest BCUT2D eigenvalue weighted by atomic mass is 32.2. The molecular formula is C28H30FN7O3S. The standard InChI is InChI=1S/C28H30FN7O3S/c1-16-9-11-19(12-10-16)40(38,39)36-24-8-4-5-17-13-18(15-32-25(17)24)33-27-20(26(31)37)14-21(29)28(35-27)34-23-7-3-2-6-22(23)30/h4-5,8-15,22-23,36H,2-3,6-7,30H2,1H3,(H2,31,37)(H2,33,34,35)/t22-,23+/m0/s1. The average molecular weight is 564 g/mol. The predicted molar refractivity (Wildman–Crippen MR) is 154 cm³/mol. The molecule has 2 aromatic heterocycles. The molecule has 2 aromatic carbocycles. The van der Waals surface area contributed by atoms with Gasteiger partial charge >= 0.3 is 0 Å². The maximum Gasteiger partial charge on any atom is 0.261 e. The number of carbonyl (C=O) groups excluding carboxylic acids is 1. The van der Waals surface area contributed by atoms with Gasteiger partial charge in [0.1, 0.15) is 5.82 Å². The predicted octanol–water partition coefficient (Wildman–Crippen LogP) is 4.40.